The van der Waals surface area contributed by atoms with Gasteiger partial charge in [0.25, 0.3) is 0 Å². The van der Waals surface area contributed by atoms with E-state index < -0.39 is 16.0 Å². The zero-order valence-corrected chi connectivity index (χ0v) is 13.8. The minimum absolute atomic E-state index is 0.00548. The largest absolute Gasteiger partial charge is 0.490 e. The van der Waals surface area contributed by atoms with Crippen molar-refractivity contribution in [2.24, 2.45) is 5.14 Å². The first kappa shape index (κ1) is 17.1. The van der Waals surface area contributed by atoms with E-state index in [9.17, 15) is 13.2 Å². The molecule has 2 N–H and O–H groups in total. The molecule has 0 aromatic heterocycles. The number of esters is 1. The van der Waals surface area contributed by atoms with Crippen LogP contribution in [0.4, 0.5) is 0 Å². The van der Waals surface area contributed by atoms with Gasteiger partial charge in [0.05, 0.1) is 10.5 Å². The van der Waals surface area contributed by atoms with Gasteiger partial charge in [-0.1, -0.05) is 0 Å². The molecule has 0 unspecified atom stereocenters. The highest BCUT2D eigenvalue weighted by Gasteiger charge is 2.16. The topological polar surface area (TPSA) is 114 Å². The van der Waals surface area contributed by atoms with Crippen LogP contribution in [-0.2, 0) is 14.8 Å². The van der Waals surface area contributed by atoms with Gasteiger partial charge in [-0.25, -0.2) is 18.4 Å². The SMILES string of the molecule is NS(=O)(=O)c1ccc(OCCOC(=O)c2ccc3c(c2)OCO3)cc1. The lowest BCUT2D eigenvalue weighted by Crippen LogP contribution is -2.13. The fraction of sp³-hybridized carbons (Fsp3) is 0.188. The highest BCUT2D eigenvalue weighted by atomic mass is 32.2. The van der Waals surface area contributed by atoms with Crippen LogP contribution in [0.1, 0.15) is 10.4 Å². The summed E-state index contributed by atoms with van der Waals surface area (Å²) in [6.07, 6.45) is 0. The fourth-order valence-electron chi connectivity index (χ4n) is 2.13. The van der Waals surface area contributed by atoms with E-state index in [0.717, 1.165) is 0 Å². The van der Waals surface area contributed by atoms with Crippen molar-refractivity contribution in [1.29, 1.82) is 0 Å². The predicted molar refractivity (Wildman–Crippen MR) is 86.2 cm³/mol. The summed E-state index contributed by atoms with van der Waals surface area (Å²) in [5, 5.41) is 5.01. The summed E-state index contributed by atoms with van der Waals surface area (Å²) in [5.41, 5.74) is 0.349. The molecule has 1 heterocycles. The molecule has 0 atom stereocenters. The monoisotopic (exact) mass is 365 g/mol. The minimum atomic E-state index is -3.74. The molecule has 0 amide bonds. The maximum Gasteiger partial charge on any atom is 0.338 e. The second-order valence-electron chi connectivity index (χ2n) is 5.07. The van der Waals surface area contributed by atoms with E-state index >= 15 is 0 Å². The zero-order valence-electron chi connectivity index (χ0n) is 13.0. The van der Waals surface area contributed by atoms with E-state index in [2.05, 4.69) is 0 Å². The first-order valence-corrected chi connectivity index (χ1v) is 8.80. The van der Waals surface area contributed by atoms with Gasteiger partial charge in [0.1, 0.15) is 19.0 Å². The molecule has 8 nitrogen and oxygen atoms in total. The van der Waals surface area contributed by atoms with E-state index in [4.69, 9.17) is 24.1 Å². The molecule has 1 aliphatic heterocycles. The van der Waals surface area contributed by atoms with Gasteiger partial charge < -0.3 is 18.9 Å². The van der Waals surface area contributed by atoms with Crippen molar-refractivity contribution in [3.63, 3.8) is 0 Å². The fourth-order valence-corrected chi connectivity index (χ4v) is 2.64. The third-order valence-corrected chi connectivity index (χ3v) is 4.27. The first-order chi connectivity index (χ1) is 11.9. The molecule has 3 rings (SSSR count). The molecular weight excluding hydrogens is 350 g/mol. The molecule has 25 heavy (non-hydrogen) atoms. The number of carbonyl (C=O) groups excluding carboxylic acids is 1. The highest BCUT2D eigenvalue weighted by molar-refractivity contribution is 7.89. The number of rotatable bonds is 6. The number of hydrogen-bond acceptors (Lipinski definition) is 7. The number of ether oxygens (including phenoxy) is 4. The lowest BCUT2D eigenvalue weighted by Gasteiger charge is -2.08. The van der Waals surface area contributed by atoms with Gasteiger partial charge in [-0.15, -0.1) is 0 Å². The maximum atomic E-state index is 12.0. The second kappa shape index (κ2) is 6.99. The highest BCUT2D eigenvalue weighted by Crippen LogP contribution is 2.32. The second-order valence-corrected chi connectivity index (χ2v) is 6.63. The number of fused-ring (bicyclic) bond motifs is 1. The normalized spacial score (nSPS) is 12.7. The molecular formula is C16H15NO7S. The van der Waals surface area contributed by atoms with Crippen LogP contribution in [0.25, 0.3) is 0 Å². The Hall–Kier alpha value is -2.78. The standard InChI is InChI=1S/C16H15NO7S/c17-25(19,20)13-4-2-12(3-5-13)21-7-8-22-16(18)11-1-6-14-15(9-11)24-10-23-14/h1-6,9H,7-8,10H2,(H2,17,19,20). The molecule has 0 bridgehead atoms. The van der Waals surface area contributed by atoms with Crippen LogP contribution in [-0.4, -0.2) is 34.4 Å². The molecule has 0 aliphatic carbocycles. The molecule has 0 saturated heterocycles. The Morgan fingerprint density at radius 3 is 2.48 bits per heavy atom. The van der Waals surface area contributed by atoms with Crippen LogP contribution < -0.4 is 19.3 Å². The summed E-state index contributed by atoms with van der Waals surface area (Å²) in [7, 11) is -3.74. The Morgan fingerprint density at radius 2 is 1.76 bits per heavy atom. The average Bonchev–Trinajstić information content (AvgIpc) is 3.06. The molecule has 1 aliphatic rings. The Kier molecular flexibility index (Phi) is 4.77. The lowest BCUT2D eigenvalue weighted by molar-refractivity contribution is 0.0450. The molecule has 0 fully saturated rings. The number of nitrogens with two attached hydrogens (primary N) is 1. The Balaban J connectivity index is 1.47. The number of hydrogen-bond donors (Lipinski definition) is 1. The van der Waals surface area contributed by atoms with Gasteiger partial charge in [-0.05, 0) is 42.5 Å². The van der Waals surface area contributed by atoms with E-state index in [0.29, 0.717) is 22.8 Å². The molecule has 0 radical (unpaired) electrons. The van der Waals surface area contributed by atoms with Crippen LogP contribution in [0.3, 0.4) is 0 Å². The van der Waals surface area contributed by atoms with Gasteiger partial charge in [0, 0.05) is 0 Å². The smallest absolute Gasteiger partial charge is 0.338 e. The number of sulfonamides is 1. The Labute approximate surface area is 144 Å². The molecule has 132 valence electrons. The van der Waals surface area contributed by atoms with Crippen molar-refractivity contribution >= 4 is 16.0 Å². The molecule has 2 aromatic rings. The summed E-state index contributed by atoms with van der Waals surface area (Å²) < 4.78 is 43.2. The van der Waals surface area contributed by atoms with Crippen molar-refractivity contribution in [3.8, 4) is 17.2 Å². The van der Waals surface area contributed by atoms with Crippen LogP contribution in [0.2, 0.25) is 0 Å². The van der Waals surface area contributed by atoms with E-state index in [1.54, 1.807) is 18.2 Å². The maximum absolute atomic E-state index is 12.0. The minimum Gasteiger partial charge on any atom is -0.490 e. The van der Waals surface area contributed by atoms with E-state index in [-0.39, 0.29) is 24.9 Å². The van der Waals surface area contributed by atoms with E-state index in [1.165, 1.54) is 24.3 Å². The molecule has 2 aromatic carbocycles. The molecule has 9 heteroatoms. The van der Waals surface area contributed by atoms with Gasteiger partial charge in [0.2, 0.25) is 16.8 Å². The third-order valence-electron chi connectivity index (χ3n) is 3.35. The number of primary sulfonamides is 1. The summed E-state index contributed by atoms with van der Waals surface area (Å²) in [6, 6.07) is 10.4. The number of benzene rings is 2. The molecule has 0 spiro atoms. The van der Waals surface area contributed by atoms with Crippen LogP contribution in [0.5, 0.6) is 17.2 Å². The Bertz CT molecular complexity index is 878. The van der Waals surface area contributed by atoms with Crippen LogP contribution >= 0.6 is 0 Å². The van der Waals surface area contributed by atoms with Gasteiger partial charge in [0.15, 0.2) is 11.5 Å². The summed E-state index contributed by atoms with van der Waals surface area (Å²) in [5.74, 6) is 1.02. The van der Waals surface area contributed by atoms with Crippen molar-refractivity contribution in [2.75, 3.05) is 20.0 Å². The first-order valence-electron chi connectivity index (χ1n) is 7.26. The predicted octanol–water partition coefficient (Wildman–Crippen LogP) is 1.30. The molecule has 0 saturated carbocycles. The quantitative estimate of drug-likeness (QED) is 0.606. The van der Waals surface area contributed by atoms with Gasteiger partial charge in [-0.2, -0.15) is 0 Å². The average molecular weight is 365 g/mol. The van der Waals surface area contributed by atoms with Crippen molar-refractivity contribution < 1.29 is 32.2 Å². The third kappa shape index (κ3) is 4.20. The van der Waals surface area contributed by atoms with Crippen molar-refractivity contribution in [1.82, 2.24) is 0 Å². The summed E-state index contributed by atoms with van der Waals surface area (Å²) >= 11 is 0. The van der Waals surface area contributed by atoms with Gasteiger partial charge >= 0.3 is 5.97 Å². The van der Waals surface area contributed by atoms with Crippen molar-refractivity contribution in [2.45, 2.75) is 4.90 Å². The number of carbonyl (C=O) groups is 1. The Morgan fingerprint density at radius 1 is 1.04 bits per heavy atom. The van der Waals surface area contributed by atoms with Crippen LogP contribution in [0.15, 0.2) is 47.4 Å². The zero-order chi connectivity index (χ0) is 17.9. The lowest BCUT2D eigenvalue weighted by atomic mass is 10.2. The van der Waals surface area contributed by atoms with Crippen molar-refractivity contribution in [3.05, 3.63) is 48.0 Å². The van der Waals surface area contributed by atoms with Gasteiger partial charge in [-0.3, -0.25) is 0 Å². The summed E-state index contributed by atoms with van der Waals surface area (Å²) in [6.45, 7) is 0.279. The van der Waals surface area contributed by atoms with E-state index in [1.807, 2.05) is 0 Å². The summed E-state index contributed by atoms with van der Waals surface area (Å²) in [4.78, 5) is 12.0. The van der Waals surface area contributed by atoms with Crippen LogP contribution in [0, 0.1) is 0 Å².